The second-order valence-electron chi connectivity index (χ2n) is 6.20. The highest BCUT2D eigenvalue weighted by Crippen LogP contribution is 2.23. The molecule has 0 saturated carbocycles. The molecule has 0 atom stereocenters. The summed E-state index contributed by atoms with van der Waals surface area (Å²) in [5.41, 5.74) is 1.19. The van der Waals surface area contributed by atoms with Crippen LogP contribution in [-0.4, -0.2) is 26.8 Å². The molecule has 0 aliphatic rings. The summed E-state index contributed by atoms with van der Waals surface area (Å²) < 4.78 is 24.3. The quantitative estimate of drug-likeness (QED) is 0.906. The number of halogens is 1. The van der Waals surface area contributed by atoms with Gasteiger partial charge in [-0.2, -0.15) is 0 Å². The molecule has 0 spiro atoms. The molecule has 0 unspecified atom stereocenters. The van der Waals surface area contributed by atoms with Crippen LogP contribution in [0.1, 0.15) is 40.2 Å². The monoisotopic (exact) mass is 319 g/mol. The van der Waals surface area contributed by atoms with Gasteiger partial charge in [-0.25, -0.2) is 8.42 Å². The van der Waals surface area contributed by atoms with E-state index in [1.807, 2.05) is 26.0 Å². The summed E-state index contributed by atoms with van der Waals surface area (Å²) in [6.45, 7) is 10.8. The molecule has 5 heteroatoms. The topological polar surface area (TPSA) is 46.2 Å². The molecule has 0 radical (unpaired) electrons. The van der Waals surface area contributed by atoms with Crippen molar-refractivity contribution < 1.29 is 8.42 Å². The SMILES string of the molecule is CC(C)NCCS(=O)(=O)c1ccc(C(C)(C)C)cc1.Cl. The first-order chi connectivity index (χ1) is 8.63. The van der Waals surface area contributed by atoms with Gasteiger partial charge in [0.15, 0.2) is 9.84 Å². The lowest BCUT2D eigenvalue weighted by Crippen LogP contribution is -2.28. The predicted molar refractivity (Wildman–Crippen MR) is 87.6 cm³/mol. The Morgan fingerprint density at radius 3 is 2.00 bits per heavy atom. The van der Waals surface area contributed by atoms with Crippen LogP contribution in [0.4, 0.5) is 0 Å². The molecule has 0 bridgehead atoms. The lowest BCUT2D eigenvalue weighted by Gasteiger charge is -2.19. The van der Waals surface area contributed by atoms with E-state index in [9.17, 15) is 8.42 Å². The van der Waals surface area contributed by atoms with E-state index in [1.54, 1.807) is 12.1 Å². The number of rotatable bonds is 5. The molecule has 0 aliphatic carbocycles. The van der Waals surface area contributed by atoms with E-state index in [0.717, 1.165) is 5.56 Å². The number of hydrogen-bond donors (Lipinski definition) is 1. The first-order valence-corrected chi connectivity index (χ1v) is 8.35. The lowest BCUT2D eigenvalue weighted by atomic mass is 9.87. The van der Waals surface area contributed by atoms with E-state index < -0.39 is 9.84 Å². The molecule has 3 nitrogen and oxygen atoms in total. The van der Waals surface area contributed by atoms with Gasteiger partial charge in [-0.05, 0) is 23.1 Å². The molecule has 0 aliphatic heterocycles. The fourth-order valence-electron chi connectivity index (χ4n) is 1.76. The van der Waals surface area contributed by atoms with Gasteiger partial charge in [0.2, 0.25) is 0 Å². The number of benzene rings is 1. The van der Waals surface area contributed by atoms with Crippen molar-refractivity contribution in [2.75, 3.05) is 12.3 Å². The maximum atomic E-state index is 12.1. The summed E-state index contributed by atoms with van der Waals surface area (Å²) in [4.78, 5) is 0.408. The summed E-state index contributed by atoms with van der Waals surface area (Å²) in [6, 6.07) is 7.54. The van der Waals surface area contributed by atoms with Crippen molar-refractivity contribution in [2.24, 2.45) is 0 Å². The van der Waals surface area contributed by atoms with Crippen molar-refractivity contribution in [3.8, 4) is 0 Å². The zero-order chi connectivity index (χ0) is 14.7. The maximum absolute atomic E-state index is 12.1. The molecule has 1 rings (SSSR count). The van der Waals surface area contributed by atoms with Crippen molar-refractivity contribution in [1.29, 1.82) is 0 Å². The van der Waals surface area contributed by atoms with Gasteiger partial charge in [0, 0.05) is 12.6 Å². The first-order valence-electron chi connectivity index (χ1n) is 6.69. The fraction of sp³-hybridized carbons (Fsp3) is 0.600. The molecule has 0 amide bonds. The Morgan fingerprint density at radius 1 is 1.10 bits per heavy atom. The van der Waals surface area contributed by atoms with Crippen molar-refractivity contribution in [3.05, 3.63) is 29.8 Å². The van der Waals surface area contributed by atoms with Gasteiger partial charge in [-0.1, -0.05) is 46.8 Å². The van der Waals surface area contributed by atoms with Crippen molar-refractivity contribution in [3.63, 3.8) is 0 Å². The van der Waals surface area contributed by atoms with Gasteiger partial charge >= 0.3 is 0 Å². The predicted octanol–water partition coefficient (Wildman–Crippen LogP) is 3.18. The zero-order valence-electron chi connectivity index (χ0n) is 12.9. The van der Waals surface area contributed by atoms with Crippen LogP contribution < -0.4 is 5.32 Å². The van der Waals surface area contributed by atoms with E-state index in [0.29, 0.717) is 17.5 Å². The number of nitrogens with one attached hydrogen (secondary N) is 1. The van der Waals surface area contributed by atoms with Crippen LogP contribution >= 0.6 is 12.4 Å². The van der Waals surface area contributed by atoms with Crippen LogP contribution in [0, 0.1) is 0 Å². The van der Waals surface area contributed by atoms with Gasteiger partial charge < -0.3 is 5.32 Å². The Hall–Kier alpha value is -0.580. The zero-order valence-corrected chi connectivity index (χ0v) is 14.6. The second-order valence-corrected chi connectivity index (χ2v) is 8.31. The minimum atomic E-state index is -3.18. The third kappa shape index (κ3) is 5.81. The van der Waals surface area contributed by atoms with Gasteiger partial charge in [-0.15, -0.1) is 12.4 Å². The Bertz CT molecular complexity index is 502. The molecular formula is C15H26ClNO2S. The highest BCUT2D eigenvalue weighted by molar-refractivity contribution is 7.91. The molecule has 0 fully saturated rings. The Morgan fingerprint density at radius 2 is 1.60 bits per heavy atom. The molecule has 20 heavy (non-hydrogen) atoms. The van der Waals surface area contributed by atoms with Gasteiger partial charge in [0.25, 0.3) is 0 Å². The molecule has 1 aromatic rings. The van der Waals surface area contributed by atoms with Crippen molar-refractivity contribution in [1.82, 2.24) is 5.32 Å². The number of sulfone groups is 1. The van der Waals surface area contributed by atoms with Crippen LogP contribution in [0.2, 0.25) is 0 Å². The minimum absolute atomic E-state index is 0. The Labute approximate surface area is 129 Å². The minimum Gasteiger partial charge on any atom is -0.314 e. The summed E-state index contributed by atoms with van der Waals surface area (Å²) in [7, 11) is -3.18. The molecule has 0 saturated heterocycles. The van der Waals surface area contributed by atoms with Gasteiger partial charge in [-0.3, -0.25) is 0 Å². The highest BCUT2D eigenvalue weighted by atomic mass is 35.5. The van der Waals surface area contributed by atoms with E-state index in [4.69, 9.17) is 0 Å². The standard InChI is InChI=1S/C15H25NO2S.ClH/c1-12(2)16-10-11-19(17,18)14-8-6-13(7-9-14)15(3,4)5;/h6-9,12,16H,10-11H2,1-5H3;1H. The van der Waals surface area contributed by atoms with Crippen LogP contribution in [0.15, 0.2) is 29.2 Å². The van der Waals surface area contributed by atoms with Crippen molar-refractivity contribution in [2.45, 2.75) is 51.0 Å². The van der Waals surface area contributed by atoms with Gasteiger partial charge in [0.05, 0.1) is 10.6 Å². The van der Waals surface area contributed by atoms with Crippen LogP contribution in [-0.2, 0) is 15.3 Å². The molecule has 1 aromatic carbocycles. The third-order valence-corrected chi connectivity index (χ3v) is 4.73. The van der Waals surface area contributed by atoms with E-state index in [-0.39, 0.29) is 23.6 Å². The number of hydrogen-bond acceptors (Lipinski definition) is 3. The second kappa shape index (κ2) is 7.43. The Kier molecular flexibility index (Phi) is 7.22. The third-order valence-electron chi connectivity index (χ3n) is 3.00. The lowest BCUT2D eigenvalue weighted by molar-refractivity contribution is 0.576. The van der Waals surface area contributed by atoms with E-state index >= 15 is 0 Å². The van der Waals surface area contributed by atoms with Crippen LogP contribution in [0.25, 0.3) is 0 Å². The largest absolute Gasteiger partial charge is 0.314 e. The average molecular weight is 320 g/mol. The summed E-state index contributed by atoms with van der Waals surface area (Å²) >= 11 is 0. The van der Waals surface area contributed by atoms with Crippen molar-refractivity contribution >= 4 is 22.2 Å². The normalized spacial score (nSPS) is 12.3. The van der Waals surface area contributed by atoms with Crippen LogP contribution in [0.3, 0.4) is 0 Å². The average Bonchev–Trinajstić information content (AvgIpc) is 2.27. The Balaban J connectivity index is 0.00000361. The van der Waals surface area contributed by atoms with Crippen LogP contribution in [0.5, 0.6) is 0 Å². The molecule has 0 aromatic heterocycles. The molecule has 0 heterocycles. The first kappa shape index (κ1) is 19.4. The smallest absolute Gasteiger partial charge is 0.179 e. The van der Waals surface area contributed by atoms with Gasteiger partial charge in [0.1, 0.15) is 0 Å². The summed E-state index contributed by atoms with van der Waals surface area (Å²) in [5, 5.41) is 3.13. The molecular weight excluding hydrogens is 294 g/mol. The van der Waals surface area contributed by atoms with E-state index in [1.165, 1.54) is 0 Å². The molecule has 1 N–H and O–H groups in total. The van der Waals surface area contributed by atoms with E-state index in [2.05, 4.69) is 26.1 Å². The summed E-state index contributed by atoms with van der Waals surface area (Å²) in [6.07, 6.45) is 0. The molecule has 116 valence electrons. The summed E-state index contributed by atoms with van der Waals surface area (Å²) in [5.74, 6) is 0.139. The highest BCUT2D eigenvalue weighted by Gasteiger charge is 2.17. The maximum Gasteiger partial charge on any atom is 0.179 e. The fourth-order valence-corrected chi connectivity index (χ4v) is 2.94.